The van der Waals surface area contributed by atoms with Crippen LogP contribution in [0.4, 0.5) is 5.82 Å². The van der Waals surface area contributed by atoms with Gasteiger partial charge in [0.2, 0.25) is 5.88 Å². The molecular formula is C25H26N6O3. The van der Waals surface area contributed by atoms with E-state index >= 15 is 0 Å². The maximum Gasteiger partial charge on any atom is 0.257 e. The topological polar surface area (TPSA) is 128 Å². The van der Waals surface area contributed by atoms with Gasteiger partial charge in [-0.2, -0.15) is 5.10 Å². The number of nitrogen functional groups attached to an aromatic ring is 1. The van der Waals surface area contributed by atoms with E-state index in [0.29, 0.717) is 41.7 Å². The number of amides is 1. The number of nitrogens with one attached hydrogen (secondary N) is 1. The van der Waals surface area contributed by atoms with Crippen molar-refractivity contribution in [3.05, 3.63) is 71.7 Å². The Morgan fingerprint density at radius 3 is 2.82 bits per heavy atom. The van der Waals surface area contributed by atoms with Gasteiger partial charge in [-0.15, -0.1) is 0 Å². The number of aromatic nitrogens is 4. The standard InChI is InChI=1S/C25H26N6O3/c1-15-10-20(31-21(15)22(26)28-14-29-31)16-11-19(24(34-2)27-13-16)23(32)30-18-8-9-25(33,12-18)17-6-4-3-5-7-17/h3-7,10-11,13-14,18,33H,8-9,12H2,1-2H3,(H,30,32)(H2,26,28,29). The first kappa shape index (κ1) is 21.8. The lowest BCUT2D eigenvalue weighted by atomic mass is 9.92. The predicted molar refractivity (Wildman–Crippen MR) is 127 cm³/mol. The molecule has 1 saturated carbocycles. The van der Waals surface area contributed by atoms with Crippen molar-refractivity contribution in [1.82, 2.24) is 24.9 Å². The van der Waals surface area contributed by atoms with E-state index in [2.05, 4.69) is 20.4 Å². The lowest BCUT2D eigenvalue weighted by molar-refractivity contribution is 0.0417. The van der Waals surface area contributed by atoms with Gasteiger partial charge in [0.15, 0.2) is 5.82 Å². The van der Waals surface area contributed by atoms with Gasteiger partial charge in [-0.05, 0) is 43.0 Å². The molecule has 0 radical (unpaired) electrons. The van der Waals surface area contributed by atoms with E-state index in [1.165, 1.54) is 13.4 Å². The zero-order valence-electron chi connectivity index (χ0n) is 19.0. The average Bonchev–Trinajstić information content (AvgIpc) is 3.40. The fraction of sp³-hybridized carbons (Fsp3) is 0.280. The van der Waals surface area contributed by atoms with E-state index in [0.717, 1.165) is 16.8 Å². The predicted octanol–water partition coefficient (Wildman–Crippen LogP) is 2.86. The highest BCUT2D eigenvalue weighted by Gasteiger charge is 2.39. The fourth-order valence-corrected chi connectivity index (χ4v) is 4.80. The van der Waals surface area contributed by atoms with Gasteiger partial charge < -0.3 is 20.9 Å². The number of nitrogens with zero attached hydrogens (tertiary/aromatic N) is 4. The van der Waals surface area contributed by atoms with E-state index in [1.54, 1.807) is 16.8 Å². The van der Waals surface area contributed by atoms with Crippen molar-refractivity contribution >= 4 is 17.2 Å². The molecule has 4 N–H and O–H groups in total. The summed E-state index contributed by atoms with van der Waals surface area (Å²) in [6.45, 7) is 1.93. The largest absolute Gasteiger partial charge is 0.480 e. The number of nitrogens with two attached hydrogens (primary N) is 1. The maximum atomic E-state index is 13.3. The molecule has 3 heterocycles. The molecule has 1 amide bonds. The Morgan fingerprint density at radius 1 is 1.26 bits per heavy atom. The molecule has 2 atom stereocenters. The van der Waals surface area contributed by atoms with Gasteiger partial charge in [0.25, 0.3) is 5.91 Å². The monoisotopic (exact) mass is 458 g/mol. The second-order valence-electron chi connectivity index (χ2n) is 8.71. The van der Waals surface area contributed by atoms with Crippen LogP contribution in [-0.4, -0.2) is 43.7 Å². The van der Waals surface area contributed by atoms with Crippen LogP contribution in [0.1, 0.15) is 40.7 Å². The van der Waals surface area contributed by atoms with E-state index in [1.807, 2.05) is 43.3 Å². The van der Waals surface area contributed by atoms with Crippen LogP contribution in [0.25, 0.3) is 16.8 Å². The molecule has 9 heteroatoms. The molecule has 9 nitrogen and oxygen atoms in total. The highest BCUT2D eigenvalue weighted by molar-refractivity contribution is 5.97. The van der Waals surface area contributed by atoms with E-state index in [9.17, 15) is 9.90 Å². The molecule has 34 heavy (non-hydrogen) atoms. The van der Waals surface area contributed by atoms with Crippen LogP contribution in [0.2, 0.25) is 0 Å². The molecule has 4 aromatic rings. The number of anilines is 1. The molecular weight excluding hydrogens is 432 g/mol. The van der Waals surface area contributed by atoms with E-state index in [4.69, 9.17) is 10.5 Å². The van der Waals surface area contributed by atoms with Crippen molar-refractivity contribution in [3.8, 4) is 17.1 Å². The number of fused-ring (bicyclic) bond motifs is 1. The molecule has 5 rings (SSSR count). The van der Waals surface area contributed by atoms with E-state index < -0.39 is 5.60 Å². The van der Waals surface area contributed by atoms with Gasteiger partial charge in [0, 0.05) is 24.2 Å². The van der Waals surface area contributed by atoms with Crippen molar-refractivity contribution in [2.75, 3.05) is 12.8 Å². The van der Waals surface area contributed by atoms with Crippen molar-refractivity contribution in [1.29, 1.82) is 0 Å². The molecule has 1 fully saturated rings. The summed E-state index contributed by atoms with van der Waals surface area (Å²) in [6, 6.07) is 13.1. The van der Waals surface area contributed by atoms with Crippen LogP contribution in [0.15, 0.2) is 55.0 Å². The summed E-state index contributed by atoms with van der Waals surface area (Å²) in [4.78, 5) is 21.7. The zero-order valence-corrected chi connectivity index (χ0v) is 19.0. The summed E-state index contributed by atoms with van der Waals surface area (Å²) >= 11 is 0. The first-order chi connectivity index (χ1) is 16.4. The second kappa shape index (κ2) is 8.42. The Labute approximate surface area is 196 Å². The first-order valence-corrected chi connectivity index (χ1v) is 11.1. The number of carbonyl (C=O) groups excluding carboxylic acids is 1. The molecule has 1 aliphatic carbocycles. The average molecular weight is 459 g/mol. The molecule has 174 valence electrons. The summed E-state index contributed by atoms with van der Waals surface area (Å²) in [7, 11) is 1.48. The summed E-state index contributed by atoms with van der Waals surface area (Å²) < 4.78 is 7.06. The number of benzene rings is 1. The highest BCUT2D eigenvalue weighted by atomic mass is 16.5. The van der Waals surface area contributed by atoms with Crippen molar-refractivity contribution in [2.24, 2.45) is 0 Å². The smallest absolute Gasteiger partial charge is 0.257 e. The number of pyridine rings is 1. The molecule has 0 spiro atoms. The third-order valence-electron chi connectivity index (χ3n) is 6.49. The lowest BCUT2D eigenvalue weighted by Crippen LogP contribution is -2.35. The number of ether oxygens (including phenoxy) is 1. The summed E-state index contributed by atoms with van der Waals surface area (Å²) in [6.07, 6.45) is 4.72. The third-order valence-corrected chi connectivity index (χ3v) is 6.49. The van der Waals surface area contributed by atoms with Crippen LogP contribution >= 0.6 is 0 Å². The van der Waals surface area contributed by atoms with Crippen molar-refractivity contribution < 1.29 is 14.6 Å². The Kier molecular flexibility index (Phi) is 5.41. The number of aliphatic hydroxyl groups is 1. The van der Waals surface area contributed by atoms with Crippen LogP contribution in [0, 0.1) is 6.92 Å². The number of methoxy groups -OCH3 is 1. The Morgan fingerprint density at radius 2 is 2.06 bits per heavy atom. The van der Waals surface area contributed by atoms with Gasteiger partial charge in [0.1, 0.15) is 17.4 Å². The number of rotatable bonds is 5. The Hall–Kier alpha value is -3.98. The zero-order chi connectivity index (χ0) is 23.9. The molecule has 0 aliphatic heterocycles. The molecule has 0 saturated heterocycles. The van der Waals surface area contributed by atoms with Gasteiger partial charge in [0.05, 0.1) is 18.4 Å². The van der Waals surface area contributed by atoms with Gasteiger partial charge in [-0.1, -0.05) is 30.3 Å². The first-order valence-electron chi connectivity index (χ1n) is 11.1. The molecule has 1 aliphatic rings. The lowest BCUT2D eigenvalue weighted by Gasteiger charge is -2.23. The highest BCUT2D eigenvalue weighted by Crippen LogP contribution is 2.39. The molecule has 3 aromatic heterocycles. The minimum Gasteiger partial charge on any atom is -0.480 e. The molecule has 0 bridgehead atoms. The second-order valence-corrected chi connectivity index (χ2v) is 8.71. The van der Waals surface area contributed by atoms with Crippen molar-refractivity contribution in [2.45, 2.75) is 37.8 Å². The van der Waals surface area contributed by atoms with E-state index in [-0.39, 0.29) is 17.8 Å². The summed E-state index contributed by atoms with van der Waals surface area (Å²) in [5.41, 5.74) is 9.32. The van der Waals surface area contributed by atoms with Gasteiger partial charge >= 0.3 is 0 Å². The number of aryl methyl sites for hydroxylation is 1. The Balaban J connectivity index is 1.43. The van der Waals surface area contributed by atoms with Gasteiger partial charge in [-0.25, -0.2) is 14.5 Å². The SMILES string of the molecule is COc1ncc(-c2cc(C)c3c(N)ncnn23)cc1C(=O)NC1CCC(O)(c2ccccc2)C1. The van der Waals surface area contributed by atoms with Crippen LogP contribution in [0.3, 0.4) is 0 Å². The van der Waals surface area contributed by atoms with Gasteiger partial charge in [-0.3, -0.25) is 4.79 Å². The minimum absolute atomic E-state index is 0.171. The number of hydrogen-bond donors (Lipinski definition) is 3. The number of hydrogen-bond acceptors (Lipinski definition) is 7. The van der Waals surface area contributed by atoms with Crippen LogP contribution in [-0.2, 0) is 5.60 Å². The molecule has 2 unspecified atom stereocenters. The van der Waals surface area contributed by atoms with Crippen molar-refractivity contribution in [3.63, 3.8) is 0 Å². The van der Waals surface area contributed by atoms with Crippen LogP contribution < -0.4 is 15.8 Å². The minimum atomic E-state index is -0.953. The van der Waals surface area contributed by atoms with Crippen LogP contribution in [0.5, 0.6) is 5.88 Å². The molecule has 1 aromatic carbocycles. The Bertz CT molecular complexity index is 1370. The fourth-order valence-electron chi connectivity index (χ4n) is 4.80. The summed E-state index contributed by atoms with van der Waals surface area (Å²) in [5, 5.41) is 18.5. The summed E-state index contributed by atoms with van der Waals surface area (Å²) in [5.74, 6) is 0.301. The normalized spacial score (nSPS) is 19.9. The maximum absolute atomic E-state index is 13.3. The third kappa shape index (κ3) is 3.73. The quantitative estimate of drug-likeness (QED) is 0.420. The number of carbonyl (C=O) groups is 1.